The van der Waals surface area contributed by atoms with E-state index < -0.39 is 0 Å². The van der Waals surface area contributed by atoms with Gasteiger partial charge in [0.05, 0.1) is 6.42 Å². The monoisotopic (exact) mass is 430 g/mol. The maximum atomic E-state index is 13.2. The number of thiophene rings is 1. The van der Waals surface area contributed by atoms with Crippen LogP contribution in [0.5, 0.6) is 0 Å². The predicted octanol–water partition coefficient (Wildman–Crippen LogP) is 5.49. The Hall–Kier alpha value is -2.43. The number of rotatable bonds is 4. The second kappa shape index (κ2) is 8.25. The molecule has 2 aromatic carbocycles. The number of hydrogen-bond donors (Lipinski definition) is 0. The van der Waals surface area contributed by atoms with Crippen LogP contribution in [0.2, 0.25) is 0 Å². The highest BCUT2D eigenvalue weighted by Crippen LogP contribution is 2.47. The molecule has 1 fully saturated rings. The van der Waals surface area contributed by atoms with E-state index in [4.69, 9.17) is 0 Å². The van der Waals surface area contributed by atoms with Gasteiger partial charge in [-0.15, -0.1) is 11.3 Å². The molecule has 3 heterocycles. The van der Waals surface area contributed by atoms with E-state index in [0.29, 0.717) is 6.42 Å². The van der Waals surface area contributed by atoms with Gasteiger partial charge in [-0.25, -0.2) is 0 Å². The Morgan fingerprint density at radius 1 is 1.00 bits per heavy atom. The van der Waals surface area contributed by atoms with Crippen LogP contribution in [0.15, 0.2) is 60.0 Å². The zero-order valence-electron chi connectivity index (χ0n) is 18.4. The lowest BCUT2D eigenvalue weighted by Crippen LogP contribution is -2.46. The number of piperidine rings is 1. The van der Waals surface area contributed by atoms with Gasteiger partial charge < -0.3 is 4.90 Å². The van der Waals surface area contributed by atoms with E-state index in [1.807, 2.05) is 6.07 Å². The average Bonchev–Trinajstić information content (AvgIpc) is 3.38. The van der Waals surface area contributed by atoms with E-state index in [1.165, 1.54) is 22.3 Å². The van der Waals surface area contributed by atoms with Crippen molar-refractivity contribution in [2.24, 2.45) is 0 Å². The second-order valence-electron chi connectivity index (χ2n) is 9.30. The van der Waals surface area contributed by atoms with Crippen molar-refractivity contribution in [3.63, 3.8) is 0 Å². The summed E-state index contributed by atoms with van der Waals surface area (Å²) in [7, 11) is 0. The van der Waals surface area contributed by atoms with Crippen molar-refractivity contribution in [2.45, 2.75) is 45.1 Å². The number of hydrogen-bond acceptors (Lipinski definition) is 3. The summed E-state index contributed by atoms with van der Waals surface area (Å²) in [6, 6.07) is 19.6. The Labute approximate surface area is 189 Å². The van der Waals surface area contributed by atoms with Crippen LogP contribution in [0.1, 0.15) is 40.0 Å². The zero-order chi connectivity index (χ0) is 21.4. The molecule has 3 aromatic rings. The fourth-order valence-electron chi connectivity index (χ4n) is 5.18. The highest BCUT2D eigenvalue weighted by atomic mass is 32.1. The molecule has 160 valence electrons. The molecule has 0 saturated carbocycles. The number of likely N-dealkylation sites (tertiary alicyclic amines) is 1. The highest BCUT2D eigenvalue weighted by Gasteiger charge is 2.46. The molecule has 1 saturated heterocycles. The first-order valence-corrected chi connectivity index (χ1v) is 12.1. The van der Waals surface area contributed by atoms with E-state index in [1.54, 1.807) is 11.3 Å². The van der Waals surface area contributed by atoms with E-state index in [-0.39, 0.29) is 11.3 Å². The van der Waals surface area contributed by atoms with E-state index in [9.17, 15) is 4.79 Å². The molecule has 1 aromatic heterocycles. The summed E-state index contributed by atoms with van der Waals surface area (Å²) in [5.41, 5.74) is 6.61. The van der Waals surface area contributed by atoms with Crippen molar-refractivity contribution in [3.8, 4) is 0 Å². The highest BCUT2D eigenvalue weighted by molar-refractivity contribution is 7.10. The van der Waals surface area contributed by atoms with Gasteiger partial charge >= 0.3 is 0 Å². The average molecular weight is 431 g/mol. The van der Waals surface area contributed by atoms with Crippen molar-refractivity contribution in [1.29, 1.82) is 0 Å². The molecule has 0 N–H and O–H groups in total. The maximum absolute atomic E-state index is 13.2. The van der Waals surface area contributed by atoms with Crippen LogP contribution in [0.4, 0.5) is 5.69 Å². The van der Waals surface area contributed by atoms with Gasteiger partial charge in [0.25, 0.3) is 0 Å². The normalized spacial score (nSPS) is 17.8. The van der Waals surface area contributed by atoms with Gasteiger partial charge in [-0.2, -0.15) is 0 Å². The first kappa shape index (κ1) is 20.5. The van der Waals surface area contributed by atoms with Gasteiger partial charge in [-0.1, -0.05) is 53.6 Å². The van der Waals surface area contributed by atoms with Crippen LogP contribution in [0.3, 0.4) is 0 Å². The van der Waals surface area contributed by atoms with Gasteiger partial charge in [-0.05, 0) is 68.4 Å². The maximum Gasteiger partial charge on any atom is 0.232 e. The number of carbonyl (C=O) groups excluding carboxylic acids is 1. The number of anilines is 1. The third-order valence-corrected chi connectivity index (χ3v) is 7.90. The van der Waals surface area contributed by atoms with E-state index in [0.717, 1.165) is 49.6 Å². The molecule has 1 spiro atoms. The van der Waals surface area contributed by atoms with Crippen molar-refractivity contribution in [3.05, 3.63) is 87.1 Å². The standard InChI is InChI=1S/C27H30N2OS/c1-20-5-8-22(9-6-20)18-28-13-11-27(12-14-28)19-29(25-10-7-21(2)16-24(25)27)26(30)17-23-4-3-15-31-23/h3-10,15-16H,11-14,17-19H2,1-2H3. The first-order valence-electron chi connectivity index (χ1n) is 11.2. The first-order chi connectivity index (χ1) is 15.0. The predicted molar refractivity (Wildman–Crippen MR) is 129 cm³/mol. The Bertz CT molecular complexity index is 1060. The minimum Gasteiger partial charge on any atom is -0.311 e. The molecule has 0 unspecified atom stereocenters. The summed E-state index contributed by atoms with van der Waals surface area (Å²) in [5, 5.41) is 2.05. The van der Waals surface area contributed by atoms with Gasteiger partial charge in [0.2, 0.25) is 5.91 Å². The van der Waals surface area contributed by atoms with Gasteiger partial charge in [0.1, 0.15) is 0 Å². The molecule has 1 amide bonds. The fraction of sp³-hybridized carbons (Fsp3) is 0.370. The fourth-order valence-corrected chi connectivity index (χ4v) is 5.88. The third kappa shape index (κ3) is 4.07. The molecule has 31 heavy (non-hydrogen) atoms. The van der Waals surface area contributed by atoms with Crippen molar-refractivity contribution >= 4 is 22.9 Å². The summed E-state index contributed by atoms with van der Waals surface area (Å²) >= 11 is 1.67. The van der Waals surface area contributed by atoms with Crippen LogP contribution < -0.4 is 4.90 Å². The molecule has 2 aliphatic heterocycles. The number of carbonyl (C=O) groups is 1. The molecule has 0 aliphatic carbocycles. The minimum absolute atomic E-state index is 0.0935. The third-order valence-electron chi connectivity index (χ3n) is 7.02. The molecule has 2 aliphatic rings. The van der Waals surface area contributed by atoms with Gasteiger partial charge in [-0.3, -0.25) is 9.69 Å². The summed E-state index contributed by atoms with van der Waals surface area (Å²) in [6.07, 6.45) is 2.72. The SMILES string of the molecule is Cc1ccc(CN2CCC3(CC2)CN(C(=O)Cc2cccs2)c2ccc(C)cc23)cc1. The van der Waals surface area contributed by atoms with E-state index in [2.05, 4.69) is 77.6 Å². The molecule has 0 bridgehead atoms. The summed E-state index contributed by atoms with van der Waals surface area (Å²) < 4.78 is 0. The smallest absolute Gasteiger partial charge is 0.232 e. The quantitative estimate of drug-likeness (QED) is 0.547. The number of fused-ring (bicyclic) bond motifs is 2. The molecule has 4 heteroatoms. The van der Waals surface area contributed by atoms with E-state index >= 15 is 0 Å². The molecular formula is C27H30N2OS. The second-order valence-corrected chi connectivity index (χ2v) is 10.3. The Balaban J connectivity index is 1.34. The summed E-state index contributed by atoms with van der Waals surface area (Å²) in [6.45, 7) is 8.30. The molecule has 0 radical (unpaired) electrons. The lowest BCUT2D eigenvalue weighted by Gasteiger charge is -2.40. The van der Waals surface area contributed by atoms with Crippen LogP contribution >= 0.6 is 11.3 Å². The Kier molecular flexibility index (Phi) is 5.45. The Morgan fingerprint density at radius 3 is 2.45 bits per heavy atom. The zero-order valence-corrected chi connectivity index (χ0v) is 19.3. The Morgan fingerprint density at radius 2 is 1.74 bits per heavy atom. The molecule has 0 atom stereocenters. The molecule has 5 rings (SSSR count). The summed E-state index contributed by atoms with van der Waals surface area (Å²) in [5.74, 6) is 0.228. The summed E-state index contributed by atoms with van der Waals surface area (Å²) in [4.78, 5) is 19.0. The number of benzene rings is 2. The largest absolute Gasteiger partial charge is 0.311 e. The lowest BCUT2D eigenvalue weighted by atomic mass is 9.74. The van der Waals surface area contributed by atoms with Gasteiger partial charge in [0.15, 0.2) is 0 Å². The van der Waals surface area contributed by atoms with Gasteiger partial charge in [0, 0.05) is 29.1 Å². The van der Waals surface area contributed by atoms with Crippen LogP contribution in [0.25, 0.3) is 0 Å². The number of aryl methyl sites for hydroxylation is 2. The van der Waals surface area contributed by atoms with Crippen LogP contribution in [-0.2, 0) is 23.2 Å². The topological polar surface area (TPSA) is 23.6 Å². The lowest BCUT2D eigenvalue weighted by molar-refractivity contribution is -0.118. The molecular weight excluding hydrogens is 400 g/mol. The van der Waals surface area contributed by atoms with Crippen molar-refractivity contribution in [1.82, 2.24) is 4.90 Å². The van der Waals surface area contributed by atoms with Crippen molar-refractivity contribution in [2.75, 3.05) is 24.5 Å². The van der Waals surface area contributed by atoms with Crippen LogP contribution in [0, 0.1) is 13.8 Å². The van der Waals surface area contributed by atoms with Crippen LogP contribution in [-0.4, -0.2) is 30.4 Å². The number of amides is 1. The minimum atomic E-state index is 0.0935. The molecule has 3 nitrogen and oxygen atoms in total. The van der Waals surface area contributed by atoms with Crippen molar-refractivity contribution < 1.29 is 4.79 Å². The number of nitrogens with zero attached hydrogens (tertiary/aromatic N) is 2.